The number of carbonyl (C=O) groups excluding carboxylic acids is 1. The van der Waals surface area contributed by atoms with E-state index in [0.717, 1.165) is 36.5 Å². The lowest BCUT2D eigenvalue weighted by atomic mass is 10.0. The molecule has 0 aliphatic carbocycles. The summed E-state index contributed by atoms with van der Waals surface area (Å²) in [6.07, 6.45) is 2.05. The fraction of sp³-hybridized carbons (Fsp3) is 0.556. The van der Waals surface area contributed by atoms with E-state index in [1.807, 2.05) is 7.05 Å². The van der Waals surface area contributed by atoms with E-state index in [-0.39, 0.29) is 5.78 Å². The summed E-state index contributed by atoms with van der Waals surface area (Å²) < 4.78 is 1.67. The minimum atomic E-state index is 0.0972. The second-order valence-corrected chi connectivity index (χ2v) is 3.39. The van der Waals surface area contributed by atoms with E-state index in [1.165, 1.54) is 0 Å². The zero-order valence-corrected chi connectivity index (χ0v) is 7.92. The van der Waals surface area contributed by atoms with E-state index in [4.69, 9.17) is 0 Å². The predicted molar refractivity (Wildman–Crippen MR) is 50.0 cm³/mol. The monoisotopic (exact) mass is 179 g/mol. The van der Waals surface area contributed by atoms with Crippen LogP contribution in [0.1, 0.15) is 29.4 Å². The Kier molecular flexibility index (Phi) is 1.83. The Bertz CT molecular complexity index is 354. The first-order valence-corrected chi connectivity index (χ1v) is 4.51. The van der Waals surface area contributed by atoms with Gasteiger partial charge in [-0.2, -0.15) is 5.10 Å². The van der Waals surface area contributed by atoms with Gasteiger partial charge in [0.1, 0.15) is 5.69 Å². The van der Waals surface area contributed by atoms with E-state index < -0.39 is 0 Å². The van der Waals surface area contributed by atoms with Crippen LogP contribution in [0.25, 0.3) is 0 Å². The molecule has 0 saturated heterocycles. The second-order valence-electron chi connectivity index (χ2n) is 3.39. The van der Waals surface area contributed by atoms with Gasteiger partial charge in [0.2, 0.25) is 0 Å². The first-order valence-electron chi connectivity index (χ1n) is 4.51. The maximum Gasteiger partial charge on any atom is 0.178 e. The molecule has 4 nitrogen and oxygen atoms in total. The van der Waals surface area contributed by atoms with Gasteiger partial charge < -0.3 is 5.32 Å². The molecule has 2 rings (SSSR count). The lowest BCUT2D eigenvalue weighted by Gasteiger charge is -2.11. The largest absolute Gasteiger partial charge is 0.368 e. The van der Waals surface area contributed by atoms with Crippen LogP contribution in [-0.4, -0.2) is 22.1 Å². The predicted octanol–water partition coefficient (Wildman–Crippen LogP) is 0.981. The summed E-state index contributed by atoms with van der Waals surface area (Å²) in [7, 11) is 1.82. The average Bonchev–Trinajstić information content (AvgIpc) is 2.39. The number of aromatic nitrogens is 2. The van der Waals surface area contributed by atoms with Crippen molar-refractivity contribution in [2.45, 2.75) is 19.8 Å². The molecule has 0 fully saturated rings. The first kappa shape index (κ1) is 8.29. The molecule has 1 aliphatic rings. The summed E-state index contributed by atoms with van der Waals surface area (Å²) in [5.74, 6) is 0.985. The minimum Gasteiger partial charge on any atom is -0.368 e. The van der Waals surface area contributed by atoms with Crippen molar-refractivity contribution in [3.63, 3.8) is 0 Å². The van der Waals surface area contributed by atoms with Gasteiger partial charge in [-0.3, -0.25) is 9.48 Å². The van der Waals surface area contributed by atoms with Crippen LogP contribution in [0.2, 0.25) is 0 Å². The van der Waals surface area contributed by atoms with Crippen LogP contribution in [0, 0.1) is 0 Å². The molecule has 13 heavy (non-hydrogen) atoms. The Morgan fingerprint density at radius 1 is 1.62 bits per heavy atom. The third-order valence-electron chi connectivity index (χ3n) is 2.37. The highest BCUT2D eigenvalue weighted by molar-refractivity contribution is 5.95. The standard InChI is InChI=1S/C9H13N3O/c1-6(13)8-7-4-3-5-10-9(7)11-12(8)2/h3-5H2,1-2H3,(H,10,11). The highest BCUT2D eigenvalue weighted by atomic mass is 16.1. The molecular weight excluding hydrogens is 166 g/mol. The summed E-state index contributed by atoms with van der Waals surface area (Å²) in [4.78, 5) is 11.3. The van der Waals surface area contributed by atoms with Crippen LogP contribution in [0.5, 0.6) is 0 Å². The summed E-state index contributed by atoms with van der Waals surface area (Å²) in [6, 6.07) is 0. The van der Waals surface area contributed by atoms with Gasteiger partial charge in [-0.05, 0) is 12.8 Å². The highest BCUT2D eigenvalue weighted by Crippen LogP contribution is 2.24. The van der Waals surface area contributed by atoms with Crippen molar-refractivity contribution in [1.29, 1.82) is 0 Å². The van der Waals surface area contributed by atoms with Gasteiger partial charge in [-0.1, -0.05) is 0 Å². The number of Topliss-reactive ketones (excluding diaryl/α,β-unsaturated/α-hetero) is 1. The molecule has 0 aromatic carbocycles. The molecule has 70 valence electrons. The molecule has 0 amide bonds. The number of rotatable bonds is 1. The number of aryl methyl sites for hydroxylation is 1. The number of nitrogens with zero attached hydrogens (tertiary/aromatic N) is 2. The van der Waals surface area contributed by atoms with E-state index >= 15 is 0 Å². The molecule has 4 heteroatoms. The third-order valence-corrected chi connectivity index (χ3v) is 2.37. The quantitative estimate of drug-likeness (QED) is 0.654. The zero-order chi connectivity index (χ0) is 9.42. The van der Waals surface area contributed by atoms with Crippen molar-refractivity contribution in [2.24, 2.45) is 7.05 Å². The molecule has 1 aromatic heterocycles. The molecule has 0 spiro atoms. The molecule has 1 aromatic rings. The fourth-order valence-corrected chi connectivity index (χ4v) is 1.86. The zero-order valence-electron chi connectivity index (χ0n) is 7.92. The van der Waals surface area contributed by atoms with Gasteiger partial charge in [0, 0.05) is 26.1 Å². The molecule has 1 N–H and O–H groups in total. The number of ketones is 1. The lowest BCUT2D eigenvalue weighted by molar-refractivity contribution is 0.100. The third kappa shape index (κ3) is 1.22. The van der Waals surface area contributed by atoms with Crippen molar-refractivity contribution in [1.82, 2.24) is 9.78 Å². The Labute approximate surface area is 76.9 Å². The Balaban J connectivity index is 2.54. The van der Waals surface area contributed by atoms with Crippen LogP contribution >= 0.6 is 0 Å². The minimum absolute atomic E-state index is 0.0972. The molecular formula is C9H13N3O. The molecule has 0 unspecified atom stereocenters. The number of nitrogens with one attached hydrogen (secondary N) is 1. The number of hydrogen-bond acceptors (Lipinski definition) is 3. The Morgan fingerprint density at radius 2 is 2.38 bits per heavy atom. The first-order chi connectivity index (χ1) is 6.20. The van der Waals surface area contributed by atoms with Crippen molar-refractivity contribution < 1.29 is 4.79 Å². The maximum absolute atomic E-state index is 11.3. The number of hydrogen-bond donors (Lipinski definition) is 1. The van der Waals surface area contributed by atoms with Crippen molar-refractivity contribution >= 4 is 11.6 Å². The highest BCUT2D eigenvalue weighted by Gasteiger charge is 2.20. The fourth-order valence-electron chi connectivity index (χ4n) is 1.86. The van der Waals surface area contributed by atoms with Gasteiger partial charge in [-0.25, -0.2) is 0 Å². The van der Waals surface area contributed by atoms with Crippen molar-refractivity contribution in [3.05, 3.63) is 11.3 Å². The van der Waals surface area contributed by atoms with E-state index in [2.05, 4.69) is 10.4 Å². The normalized spacial score (nSPS) is 14.9. The van der Waals surface area contributed by atoms with Gasteiger partial charge in [-0.15, -0.1) is 0 Å². The van der Waals surface area contributed by atoms with E-state index in [0.29, 0.717) is 0 Å². The maximum atomic E-state index is 11.3. The van der Waals surface area contributed by atoms with E-state index in [1.54, 1.807) is 11.6 Å². The van der Waals surface area contributed by atoms with Crippen LogP contribution in [-0.2, 0) is 13.5 Å². The van der Waals surface area contributed by atoms with Gasteiger partial charge in [0.15, 0.2) is 11.6 Å². The number of fused-ring (bicyclic) bond motifs is 1. The Hall–Kier alpha value is -1.32. The van der Waals surface area contributed by atoms with Crippen LogP contribution in [0.4, 0.5) is 5.82 Å². The van der Waals surface area contributed by atoms with Crippen LogP contribution in [0.3, 0.4) is 0 Å². The van der Waals surface area contributed by atoms with Gasteiger partial charge in [0.05, 0.1) is 0 Å². The molecule has 0 bridgehead atoms. The van der Waals surface area contributed by atoms with E-state index in [9.17, 15) is 4.79 Å². The molecule has 2 heterocycles. The summed E-state index contributed by atoms with van der Waals surface area (Å²) >= 11 is 0. The molecule has 1 aliphatic heterocycles. The average molecular weight is 179 g/mol. The number of anilines is 1. The summed E-state index contributed by atoms with van der Waals surface area (Å²) in [6.45, 7) is 2.55. The molecule has 0 saturated carbocycles. The molecule has 0 radical (unpaired) electrons. The Morgan fingerprint density at radius 3 is 3.08 bits per heavy atom. The van der Waals surface area contributed by atoms with Gasteiger partial charge in [0.25, 0.3) is 0 Å². The van der Waals surface area contributed by atoms with Crippen molar-refractivity contribution in [2.75, 3.05) is 11.9 Å². The van der Waals surface area contributed by atoms with Gasteiger partial charge >= 0.3 is 0 Å². The second kappa shape index (κ2) is 2.87. The topological polar surface area (TPSA) is 46.9 Å². The summed E-state index contributed by atoms with van der Waals surface area (Å²) in [5.41, 5.74) is 1.84. The summed E-state index contributed by atoms with van der Waals surface area (Å²) in [5, 5.41) is 7.45. The number of carbonyl (C=O) groups is 1. The van der Waals surface area contributed by atoms with Crippen LogP contribution in [0.15, 0.2) is 0 Å². The van der Waals surface area contributed by atoms with Crippen LogP contribution < -0.4 is 5.32 Å². The smallest absolute Gasteiger partial charge is 0.178 e. The van der Waals surface area contributed by atoms with Crippen molar-refractivity contribution in [3.8, 4) is 0 Å². The molecule has 0 atom stereocenters. The lowest BCUT2D eigenvalue weighted by Crippen LogP contribution is -2.12. The SMILES string of the molecule is CC(=O)c1c2c(nn1C)NCCC2.